The highest BCUT2D eigenvalue weighted by atomic mass is 19.4. The molecule has 1 aliphatic rings. The van der Waals surface area contributed by atoms with Crippen LogP contribution in [0.2, 0.25) is 0 Å². The molecule has 0 amide bonds. The number of hydrogen-bond donors (Lipinski definition) is 1. The molecule has 11 heteroatoms. The normalized spacial score (nSPS) is 17.1. The van der Waals surface area contributed by atoms with Crippen LogP contribution >= 0.6 is 0 Å². The van der Waals surface area contributed by atoms with Crippen LogP contribution in [0.15, 0.2) is 46.2 Å². The molecule has 3 aromatic rings. The molecule has 0 fully saturated rings. The maximum Gasteiger partial charge on any atom is 0.432 e. The van der Waals surface area contributed by atoms with Gasteiger partial charge in [0.2, 0.25) is 0 Å². The van der Waals surface area contributed by atoms with Gasteiger partial charge in [-0.25, -0.2) is 9.50 Å². The number of benzene rings is 1. The summed E-state index contributed by atoms with van der Waals surface area (Å²) < 4.78 is 78.4. The minimum absolute atomic E-state index is 0.173. The number of rotatable bonds is 2. The third-order valence-corrected chi connectivity index (χ3v) is 5.31. The van der Waals surface area contributed by atoms with Crippen molar-refractivity contribution in [2.75, 3.05) is 6.54 Å². The second-order valence-corrected chi connectivity index (χ2v) is 7.46. The number of fused-ring (bicyclic) bond motifs is 1. The Balaban J connectivity index is 1.82. The summed E-state index contributed by atoms with van der Waals surface area (Å²) in [5.74, 6) is -0.644. The van der Waals surface area contributed by atoms with Crippen LogP contribution in [0.4, 0.5) is 26.3 Å². The van der Waals surface area contributed by atoms with Crippen molar-refractivity contribution in [2.45, 2.75) is 32.1 Å². The van der Waals surface area contributed by atoms with Crippen LogP contribution in [-0.4, -0.2) is 33.0 Å². The standard InChI is InChI=1S/C21H16F6N4O/c1-10-17(13-5-8-15(28-9-13)21(25,26)27)29-18-16(11(2)30-31(18)19(10)32)12-3-6-14(7-4-12)20(22,23)24/h3-8,13,30H,9H2,1-2H3. The molecule has 0 radical (unpaired) electrons. The van der Waals surface area contributed by atoms with Crippen LogP contribution in [0.25, 0.3) is 16.8 Å². The summed E-state index contributed by atoms with van der Waals surface area (Å²) in [4.78, 5) is 21.0. The molecule has 1 aromatic carbocycles. The molecule has 1 aliphatic heterocycles. The van der Waals surface area contributed by atoms with Crippen molar-refractivity contribution in [3.05, 3.63) is 69.3 Å². The number of aliphatic imine (C=N–C) groups is 1. The van der Waals surface area contributed by atoms with E-state index in [9.17, 15) is 31.1 Å². The van der Waals surface area contributed by atoms with Crippen LogP contribution < -0.4 is 5.56 Å². The lowest BCUT2D eigenvalue weighted by Gasteiger charge is -2.18. The van der Waals surface area contributed by atoms with Gasteiger partial charge in [0, 0.05) is 22.7 Å². The summed E-state index contributed by atoms with van der Waals surface area (Å²) in [6, 6.07) is 4.43. The van der Waals surface area contributed by atoms with Gasteiger partial charge in [0.05, 0.1) is 17.8 Å². The summed E-state index contributed by atoms with van der Waals surface area (Å²) in [6.07, 6.45) is -6.90. The van der Waals surface area contributed by atoms with Crippen molar-refractivity contribution in [1.29, 1.82) is 0 Å². The van der Waals surface area contributed by atoms with Gasteiger partial charge in [-0.05, 0) is 37.6 Å². The number of nitrogens with zero attached hydrogens (tertiary/aromatic N) is 3. The lowest BCUT2D eigenvalue weighted by Crippen LogP contribution is -2.26. The van der Waals surface area contributed by atoms with E-state index in [1.165, 1.54) is 29.6 Å². The molecule has 0 bridgehead atoms. The number of hydrogen-bond acceptors (Lipinski definition) is 3. The van der Waals surface area contributed by atoms with Crippen molar-refractivity contribution in [3.63, 3.8) is 0 Å². The molecule has 1 N–H and O–H groups in total. The molecule has 1 atom stereocenters. The number of aromatic amines is 1. The smallest absolute Gasteiger partial charge is 0.293 e. The largest absolute Gasteiger partial charge is 0.432 e. The molecule has 4 rings (SSSR count). The monoisotopic (exact) mass is 454 g/mol. The van der Waals surface area contributed by atoms with E-state index in [0.29, 0.717) is 16.8 Å². The van der Waals surface area contributed by atoms with E-state index in [2.05, 4.69) is 15.1 Å². The maximum absolute atomic E-state index is 12.9. The number of aryl methyl sites for hydroxylation is 1. The average Bonchev–Trinajstić information content (AvgIpc) is 3.05. The fraction of sp³-hybridized carbons (Fsp3) is 0.286. The molecule has 5 nitrogen and oxygen atoms in total. The fourth-order valence-electron chi connectivity index (χ4n) is 3.70. The van der Waals surface area contributed by atoms with Gasteiger partial charge < -0.3 is 0 Å². The number of H-pyrrole nitrogens is 1. The molecule has 32 heavy (non-hydrogen) atoms. The summed E-state index contributed by atoms with van der Waals surface area (Å²) >= 11 is 0. The summed E-state index contributed by atoms with van der Waals surface area (Å²) in [7, 11) is 0. The lowest BCUT2D eigenvalue weighted by atomic mass is 9.98. The van der Waals surface area contributed by atoms with E-state index in [1.807, 2.05) is 0 Å². The fourth-order valence-corrected chi connectivity index (χ4v) is 3.70. The minimum atomic E-state index is -4.57. The number of nitrogens with one attached hydrogen (secondary N) is 1. The quantitative estimate of drug-likeness (QED) is 0.555. The van der Waals surface area contributed by atoms with Crippen molar-refractivity contribution in [3.8, 4) is 11.1 Å². The van der Waals surface area contributed by atoms with Gasteiger partial charge in [-0.15, -0.1) is 0 Å². The highest BCUT2D eigenvalue weighted by molar-refractivity contribution is 6.00. The van der Waals surface area contributed by atoms with Gasteiger partial charge in [-0.1, -0.05) is 18.2 Å². The van der Waals surface area contributed by atoms with E-state index >= 15 is 0 Å². The SMILES string of the molecule is Cc1[nH]n2c(=O)c(C)c(C3C=CC(C(F)(F)F)=NC3)nc2c1-c1ccc(C(F)(F)F)cc1. The van der Waals surface area contributed by atoms with Crippen LogP contribution in [0, 0.1) is 13.8 Å². The molecule has 2 aromatic heterocycles. The Morgan fingerprint density at radius 1 is 1.03 bits per heavy atom. The molecule has 0 saturated carbocycles. The van der Waals surface area contributed by atoms with E-state index in [0.717, 1.165) is 18.2 Å². The van der Waals surface area contributed by atoms with Gasteiger partial charge in [0.1, 0.15) is 5.71 Å². The Kier molecular flexibility index (Phi) is 5.02. The second-order valence-electron chi connectivity index (χ2n) is 7.46. The molecular weight excluding hydrogens is 438 g/mol. The maximum atomic E-state index is 12.9. The molecule has 168 valence electrons. The van der Waals surface area contributed by atoms with Crippen molar-refractivity contribution in [1.82, 2.24) is 14.6 Å². The first-order valence-electron chi connectivity index (χ1n) is 9.47. The van der Waals surface area contributed by atoms with Crippen LogP contribution in [0.1, 0.15) is 28.4 Å². The van der Waals surface area contributed by atoms with Gasteiger partial charge in [-0.3, -0.25) is 14.9 Å². The molecule has 3 heterocycles. The Morgan fingerprint density at radius 3 is 2.22 bits per heavy atom. The zero-order valence-electron chi connectivity index (χ0n) is 16.8. The van der Waals surface area contributed by atoms with Gasteiger partial charge in [0.15, 0.2) is 5.65 Å². The van der Waals surface area contributed by atoms with E-state index in [4.69, 9.17) is 0 Å². The average molecular weight is 454 g/mol. The summed E-state index contributed by atoms with van der Waals surface area (Å²) in [6.45, 7) is 2.94. The zero-order chi connectivity index (χ0) is 23.4. The topological polar surface area (TPSA) is 62.5 Å². The number of dihydropyridines is 1. The summed E-state index contributed by atoms with van der Waals surface area (Å²) in [5.41, 5.74) is -0.256. The first-order chi connectivity index (χ1) is 14.9. The van der Waals surface area contributed by atoms with Gasteiger partial charge >= 0.3 is 12.4 Å². The Hall–Kier alpha value is -3.37. The van der Waals surface area contributed by atoms with E-state index in [-0.39, 0.29) is 23.4 Å². The van der Waals surface area contributed by atoms with Crippen molar-refractivity contribution >= 4 is 11.4 Å². The highest BCUT2D eigenvalue weighted by Crippen LogP contribution is 2.33. The third-order valence-electron chi connectivity index (χ3n) is 5.31. The predicted molar refractivity (Wildman–Crippen MR) is 106 cm³/mol. The third kappa shape index (κ3) is 3.71. The second kappa shape index (κ2) is 7.35. The summed E-state index contributed by atoms with van der Waals surface area (Å²) in [5, 5.41) is 2.86. The number of aromatic nitrogens is 3. The van der Waals surface area contributed by atoms with Gasteiger partial charge in [-0.2, -0.15) is 26.3 Å². The predicted octanol–water partition coefficient (Wildman–Crippen LogP) is 4.98. The Bertz CT molecular complexity index is 1310. The van der Waals surface area contributed by atoms with E-state index < -0.39 is 35.1 Å². The number of halogens is 6. The van der Waals surface area contributed by atoms with Crippen LogP contribution in [0.5, 0.6) is 0 Å². The number of alkyl halides is 6. The number of allylic oxidation sites excluding steroid dienone is 1. The van der Waals surface area contributed by atoms with Crippen LogP contribution in [-0.2, 0) is 6.18 Å². The Labute approximate surface area is 177 Å². The molecule has 1 unspecified atom stereocenters. The molecule has 0 saturated heterocycles. The lowest BCUT2D eigenvalue weighted by molar-refractivity contribution is -0.137. The first kappa shape index (κ1) is 21.8. The molecule has 0 aliphatic carbocycles. The first-order valence-corrected chi connectivity index (χ1v) is 9.47. The zero-order valence-corrected chi connectivity index (χ0v) is 16.8. The van der Waals surface area contributed by atoms with Crippen LogP contribution in [0.3, 0.4) is 0 Å². The van der Waals surface area contributed by atoms with Crippen molar-refractivity contribution in [2.24, 2.45) is 4.99 Å². The minimum Gasteiger partial charge on any atom is -0.293 e. The van der Waals surface area contributed by atoms with E-state index in [1.54, 1.807) is 6.92 Å². The van der Waals surface area contributed by atoms with Gasteiger partial charge in [0.25, 0.3) is 5.56 Å². The van der Waals surface area contributed by atoms with Crippen molar-refractivity contribution < 1.29 is 26.3 Å². The molecular formula is C21H16F6N4O. The Morgan fingerprint density at radius 2 is 1.69 bits per heavy atom. The highest BCUT2D eigenvalue weighted by Gasteiger charge is 2.36. The molecule has 0 spiro atoms.